The molecular weight excluding hydrogens is 260 g/mol. The molecular formula is C13H12N4O3. The second-order valence-corrected chi connectivity index (χ2v) is 5.16. The largest absolute Gasteiger partial charge is 0.480 e. The minimum atomic E-state index is -0.989. The van der Waals surface area contributed by atoms with Crippen molar-refractivity contribution in [2.24, 2.45) is 5.92 Å². The molecule has 2 atom stereocenters. The lowest BCUT2D eigenvalue weighted by molar-refractivity contribution is 0.0688. The SMILES string of the molecule is COc1cncc(-n2nc(C(=O)O)c3c2[C@@H]2C[C@@H]2C3)n1. The zero-order valence-electron chi connectivity index (χ0n) is 10.8. The van der Waals surface area contributed by atoms with Gasteiger partial charge >= 0.3 is 5.97 Å². The van der Waals surface area contributed by atoms with Crippen molar-refractivity contribution < 1.29 is 14.6 Å². The summed E-state index contributed by atoms with van der Waals surface area (Å²) < 4.78 is 6.67. The van der Waals surface area contributed by atoms with E-state index in [1.807, 2.05) is 0 Å². The third-order valence-electron chi connectivity index (χ3n) is 3.99. The van der Waals surface area contributed by atoms with Gasteiger partial charge < -0.3 is 9.84 Å². The molecule has 0 radical (unpaired) electrons. The first kappa shape index (κ1) is 11.4. The van der Waals surface area contributed by atoms with Gasteiger partial charge in [-0.1, -0.05) is 0 Å². The van der Waals surface area contributed by atoms with E-state index in [1.165, 1.54) is 13.3 Å². The summed E-state index contributed by atoms with van der Waals surface area (Å²) in [4.78, 5) is 19.7. The van der Waals surface area contributed by atoms with E-state index >= 15 is 0 Å². The highest BCUT2D eigenvalue weighted by Crippen LogP contribution is 2.57. The number of rotatable bonds is 3. The van der Waals surface area contributed by atoms with Gasteiger partial charge in [-0.2, -0.15) is 10.1 Å². The first-order valence-corrected chi connectivity index (χ1v) is 6.40. The van der Waals surface area contributed by atoms with Crippen LogP contribution in [-0.4, -0.2) is 37.9 Å². The fraction of sp³-hybridized carbons (Fsp3) is 0.385. The Hall–Kier alpha value is -2.44. The van der Waals surface area contributed by atoms with Gasteiger partial charge in [0.1, 0.15) is 0 Å². The highest BCUT2D eigenvalue weighted by molar-refractivity contribution is 5.88. The number of methoxy groups -OCH3 is 1. The minimum Gasteiger partial charge on any atom is -0.480 e. The number of aromatic nitrogens is 4. The number of fused-ring (bicyclic) bond motifs is 3. The molecule has 2 aliphatic carbocycles. The second-order valence-electron chi connectivity index (χ2n) is 5.16. The van der Waals surface area contributed by atoms with Crippen LogP contribution < -0.4 is 4.74 Å². The maximum Gasteiger partial charge on any atom is 0.356 e. The molecule has 0 bridgehead atoms. The van der Waals surface area contributed by atoms with Crippen molar-refractivity contribution >= 4 is 5.97 Å². The molecule has 0 unspecified atom stereocenters. The highest BCUT2D eigenvalue weighted by atomic mass is 16.5. The predicted octanol–water partition coefficient (Wildman–Crippen LogP) is 1.03. The Bertz CT molecular complexity index is 724. The number of carbonyl (C=O) groups is 1. The molecule has 0 saturated heterocycles. The van der Waals surface area contributed by atoms with Crippen molar-refractivity contribution in [3.05, 3.63) is 29.3 Å². The topological polar surface area (TPSA) is 90.1 Å². The summed E-state index contributed by atoms with van der Waals surface area (Å²) in [6, 6.07) is 0. The Labute approximate surface area is 114 Å². The van der Waals surface area contributed by atoms with Gasteiger partial charge in [-0.3, -0.25) is 4.98 Å². The molecule has 20 heavy (non-hydrogen) atoms. The van der Waals surface area contributed by atoms with Gasteiger partial charge in [0.15, 0.2) is 11.5 Å². The Morgan fingerprint density at radius 1 is 1.50 bits per heavy atom. The standard InChI is InChI=1S/C13H12N4O3/c1-20-10-5-14-4-9(15-10)17-12-7-2-6(7)3-8(12)11(16-17)13(18)19/h4-7H,2-3H2,1H3,(H,18,19)/t6-,7-/m1/s1. The zero-order valence-corrected chi connectivity index (χ0v) is 10.8. The fourth-order valence-corrected chi connectivity index (χ4v) is 3.00. The molecule has 7 heteroatoms. The first-order valence-electron chi connectivity index (χ1n) is 6.40. The average molecular weight is 272 g/mol. The van der Waals surface area contributed by atoms with E-state index in [4.69, 9.17) is 4.74 Å². The molecule has 2 aromatic heterocycles. The van der Waals surface area contributed by atoms with Gasteiger partial charge in [-0.15, -0.1) is 0 Å². The number of carboxylic acid groups (broad SMARTS) is 1. The van der Waals surface area contributed by atoms with Crippen molar-refractivity contribution in [3.8, 4) is 11.7 Å². The zero-order chi connectivity index (χ0) is 13.9. The third-order valence-corrected chi connectivity index (χ3v) is 3.99. The van der Waals surface area contributed by atoms with Crippen LogP contribution in [0.2, 0.25) is 0 Å². The Balaban J connectivity index is 1.90. The Morgan fingerprint density at radius 3 is 3.10 bits per heavy atom. The first-order chi connectivity index (χ1) is 9.69. The van der Waals surface area contributed by atoms with Crippen molar-refractivity contribution in [2.45, 2.75) is 18.8 Å². The van der Waals surface area contributed by atoms with Crippen molar-refractivity contribution in [1.29, 1.82) is 0 Å². The lowest BCUT2D eigenvalue weighted by atomic mass is 10.1. The van der Waals surface area contributed by atoms with E-state index < -0.39 is 5.97 Å². The number of hydrogen-bond donors (Lipinski definition) is 1. The molecule has 1 fully saturated rings. The lowest BCUT2D eigenvalue weighted by Gasteiger charge is -2.06. The summed E-state index contributed by atoms with van der Waals surface area (Å²) in [6.45, 7) is 0. The summed E-state index contributed by atoms with van der Waals surface area (Å²) in [5.74, 6) is 0.885. The number of ether oxygens (including phenoxy) is 1. The summed E-state index contributed by atoms with van der Waals surface area (Å²) in [5, 5.41) is 13.5. The van der Waals surface area contributed by atoms with Crippen LogP contribution >= 0.6 is 0 Å². The summed E-state index contributed by atoms with van der Waals surface area (Å²) >= 11 is 0. The number of hydrogen-bond acceptors (Lipinski definition) is 5. The molecule has 2 heterocycles. The smallest absolute Gasteiger partial charge is 0.356 e. The molecule has 4 rings (SSSR count). The molecule has 0 amide bonds. The van der Waals surface area contributed by atoms with Gasteiger partial charge in [-0.05, 0) is 18.8 Å². The molecule has 1 N–H and O–H groups in total. The van der Waals surface area contributed by atoms with Gasteiger partial charge in [0.25, 0.3) is 0 Å². The molecule has 2 aliphatic rings. The van der Waals surface area contributed by atoms with Crippen LogP contribution in [0.15, 0.2) is 12.4 Å². The van der Waals surface area contributed by atoms with Gasteiger partial charge in [0.2, 0.25) is 5.88 Å². The van der Waals surface area contributed by atoms with Crippen molar-refractivity contribution in [3.63, 3.8) is 0 Å². The quantitative estimate of drug-likeness (QED) is 0.897. The van der Waals surface area contributed by atoms with Gasteiger partial charge in [0.05, 0.1) is 25.2 Å². The molecule has 1 saturated carbocycles. The van der Waals surface area contributed by atoms with E-state index in [9.17, 15) is 9.90 Å². The summed E-state index contributed by atoms with van der Waals surface area (Å²) in [5.41, 5.74) is 1.97. The van der Waals surface area contributed by atoms with Crippen LogP contribution in [0.4, 0.5) is 0 Å². The van der Waals surface area contributed by atoms with Crippen LogP contribution in [0, 0.1) is 5.92 Å². The molecule has 7 nitrogen and oxygen atoms in total. The molecule has 102 valence electrons. The minimum absolute atomic E-state index is 0.136. The Morgan fingerprint density at radius 2 is 2.35 bits per heavy atom. The van der Waals surface area contributed by atoms with Gasteiger partial charge in [-0.25, -0.2) is 9.48 Å². The van der Waals surface area contributed by atoms with E-state index in [2.05, 4.69) is 15.1 Å². The number of nitrogens with zero attached hydrogens (tertiary/aromatic N) is 4. The van der Waals surface area contributed by atoms with Crippen molar-refractivity contribution in [1.82, 2.24) is 19.7 Å². The van der Waals surface area contributed by atoms with Crippen molar-refractivity contribution in [2.75, 3.05) is 7.11 Å². The van der Waals surface area contributed by atoms with E-state index in [0.717, 1.165) is 24.1 Å². The number of aromatic carboxylic acids is 1. The third kappa shape index (κ3) is 1.46. The number of carboxylic acids is 1. The highest BCUT2D eigenvalue weighted by Gasteiger charge is 2.50. The fourth-order valence-electron chi connectivity index (χ4n) is 3.00. The van der Waals surface area contributed by atoms with Crippen LogP contribution in [0.5, 0.6) is 5.88 Å². The van der Waals surface area contributed by atoms with Crippen LogP contribution in [-0.2, 0) is 6.42 Å². The normalized spacial score (nSPS) is 22.2. The summed E-state index contributed by atoms with van der Waals surface area (Å²) in [6.07, 6.45) is 4.98. The van der Waals surface area contributed by atoms with E-state index in [-0.39, 0.29) is 5.69 Å². The molecule has 0 spiro atoms. The predicted molar refractivity (Wildman–Crippen MR) is 67.2 cm³/mol. The van der Waals surface area contributed by atoms with E-state index in [1.54, 1.807) is 10.9 Å². The van der Waals surface area contributed by atoms with Gasteiger partial charge in [0, 0.05) is 11.5 Å². The average Bonchev–Trinajstić information content (AvgIpc) is 2.95. The monoisotopic (exact) mass is 272 g/mol. The molecule has 0 aromatic carbocycles. The summed E-state index contributed by atoms with van der Waals surface area (Å²) in [7, 11) is 1.51. The maximum atomic E-state index is 11.3. The molecule has 0 aliphatic heterocycles. The van der Waals surface area contributed by atoms with E-state index in [0.29, 0.717) is 23.5 Å². The second kappa shape index (κ2) is 3.78. The Kier molecular flexibility index (Phi) is 2.15. The van der Waals surface area contributed by atoms with Crippen LogP contribution in [0.25, 0.3) is 5.82 Å². The lowest BCUT2D eigenvalue weighted by Crippen LogP contribution is -2.07. The van der Waals surface area contributed by atoms with Crippen LogP contribution in [0.3, 0.4) is 0 Å². The maximum absolute atomic E-state index is 11.3. The molecule has 2 aromatic rings. The van der Waals surface area contributed by atoms with Crippen LogP contribution in [0.1, 0.15) is 34.1 Å².